The largest absolute Gasteiger partial charge is 0.481 e. The Bertz CT molecular complexity index is 268. The zero-order valence-corrected chi connectivity index (χ0v) is 8.80. The maximum Gasteiger partial charge on any atom is 0.339 e. The van der Waals surface area contributed by atoms with Crippen LogP contribution in [0.5, 0.6) is 0 Å². The summed E-state index contributed by atoms with van der Waals surface area (Å²) in [5.41, 5.74) is -2.51. The number of carboxylic acids is 2. The highest BCUT2D eigenvalue weighted by Crippen LogP contribution is 2.18. The van der Waals surface area contributed by atoms with Gasteiger partial charge in [-0.15, -0.1) is 0 Å². The average Bonchev–Trinajstić information content (AvgIpc) is 2.11. The van der Waals surface area contributed by atoms with E-state index >= 15 is 0 Å². The van der Waals surface area contributed by atoms with E-state index in [1.165, 1.54) is 0 Å². The van der Waals surface area contributed by atoms with Crippen LogP contribution in [0.2, 0.25) is 0 Å². The van der Waals surface area contributed by atoms with E-state index in [1.807, 2.05) is 0 Å². The maximum atomic E-state index is 11.3. The molecule has 3 N–H and O–H groups in total. The second kappa shape index (κ2) is 6.06. The van der Waals surface area contributed by atoms with E-state index < -0.39 is 36.4 Å². The molecule has 0 rings (SSSR count). The third-order valence-electron chi connectivity index (χ3n) is 1.70. The number of esters is 1. The van der Waals surface area contributed by atoms with Crippen LogP contribution in [0.15, 0.2) is 0 Å². The van der Waals surface area contributed by atoms with Gasteiger partial charge in [-0.25, -0.2) is 4.79 Å². The molecule has 0 saturated carbocycles. The van der Waals surface area contributed by atoms with Crippen LogP contribution in [0.4, 0.5) is 0 Å². The SMILES string of the molecule is CCCOC(=O)C(O)(CC(=O)O)CC(=O)O. The lowest BCUT2D eigenvalue weighted by atomic mass is 9.96. The van der Waals surface area contributed by atoms with E-state index in [-0.39, 0.29) is 6.61 Å². The summed E-state index contributed by atoms with van der Waals surface area (Å²) in [6, 6.07) is 0. The van der Waals surface area contributed by atoms with Crippen LogP contribution in [0.3, 0.4) is 0 Å². The quantitative estimate of drug-likeness (QED) is 0.513. The van der Waals surface area contributed by atoms with Crippen molar-refractivity contribution in [1.29, 1.82) is 0 Å². The number of carbonyl (C=O) groups excluding carboxylic acids is 1. The molecule has 92 valence electrons. The number of hydrogen-bond acceptors (Lipinski definition) is 5. The standard InChI is InChI=1S/C9H14O7/c1-2-3-16-8(14)9(15,4-6(10)11)5-7(12)13/h15H,2-5H2,1H3,(H,10,11)(H,12,13). The zero-order valence-electron chi connectivity index (χ0n) is 8.80. The summed E-state index contributed by atoms with van der Waals surface area (Å²) in [6.45, 7) is 1.71. The Hall–Kier alpha value is -1.63. The van der Waals surface area contributed by atoms with Crippen LogP contribution in [0.1, 0.15) is 26.2 Å². The molecule has 0 aliphatic heterocycles. The van der Waals surface area contributed by atoms with Crippen molar-refractivity contribution >= 4 is 17.9 Å². The van der Waals surface area contributed by atoms with Gasteiger partial charge in [-0.1, -0.05) is 6.92 Å². The predicted molar refractivity (Wildman–Crippen MR) is 50.7 cm³/mol. The molecule has 0 saturated heterocycles. The molecular formula is C9H14O7. The number of carboxylic acid groups (broad SMARTS) is 2. The molecule has 7 nitrogen and oxygen atoms in total. The molecule has 7 heteroatoms. The third kappa shape index (κ3) is 4.74. The average molecular weight is 234 g/mol. The van der Waals surface area contributed by atoms with Crippen molar-refractivity contribution in [1.82, 2.24) is 0 Å². The minimum atomic E-state index is -2.51. The molecule has 0 unspecified atom stereocenters. The lowest BCUT2D eigenvalue weighted by molar-refractivity contribution is -0.175. The van der Waals surface area contributed by atoms with Crippen LogP contribution in [-0.2, 0) is 19.1 Å². The van der Waals surface area contributed by atoms with Crippen LogP contribution >= 0.6 is 0 Å². The lowest BCUT2D eigenvalue weighted by Gasteiger charge is -2.22. The molecule has 0 aliphatic rings. The number of aliphatic carboxylic acids is 2. The highest BCUT2D eigenvalue weighted by molar-refractivity contribution is 5.89. The van der Waals surface area contributed by atoms with Gasteiger partial charge in [-0.3, -0.25) is 9.59 Å². The Balaban J connectivity index is 4.69. The summed E-state index contributed by atoms with van der Waals surface area (Å²) in [7, 11) is 0. The van der Waals surface area contributed by atoms with Gasteiger partial charge in [0.05, 0.1) is 19.4 Å². The molecule has 0 aliphatic carbocycles. The van der Waals surface area contributed by atoms with Crippen LogP contribution in [0, 0.1) is 0 Å². The summed E-state index contributed by atoms with van der Waals surface area (Å²) in [5, 5.41) is 26.6. The Labute approximate surface area is 91.6 Å². The Morgan fingerprint density at radius 1 is 1.12 bits per heavy atom. The van der Waals surface area contributed by atoms with Crippen molar-refractivity contribution in [3.63, 3.8) is 0 Å². The zero-order chi connectivity index (χ0) is 12.8. The van der Waals surface area contributed by atoms with Crippen molar-refractivity contribution in [2.24, 2.45) is 0 Å². The Morgan fingerprint density at radius 2 is 1.56 bits per heavy atom. The van der Waals surface area contributed by atoms with E-state index in [2.05, 4.69) is 4.74 Å². The van der Waals surface area contributed by atoms with Crippen LogP contribution < -0.4 is 0 Å². The van der Waals surface area contributed by atoms with Crippen LogP contribution in [-0.4, -0.2) is 45.4 Å². The molecule has 0 heterocycles. The van der Waals surface area contributed by atoms with Gasteiger partial charge in [-0.05, 0) is 6.42 Å². The second-order valence-electron chi connectivity index (χ2n) is 3.31. The molecular weight excluding hydrogens is 220 g/mol. The molecule has 0 spiro atoms. The molecule has 0 atom stereocenters. The van der Waals surface area contributed by atoms with Gasteiger partial charge in [0.15, 0.2) is 5.60 Å². The predicted octanol–water partition coefficient (Wildman–Crippen LogP) is -0.380. The van der Waals surface area contributed by atoms with Crippen molar-refractivity contribution in [3.8, 4) is 0 Å². The first-order valence-corrected chi connectivity index (χ1v) is 4.65. The fourth-order valence-corrected chi connectivity index (χ4v) is 1.04. The summed E-state index contributed by atoms with van der Waals surface area (Å²) in [6.07, 6.45) is -1.51. The molecule has 0 aromatic rings. The lowest BCUT2D eigenvalue weighted by Crippen LogP contribution is -2.44. The number of hydrogen-bond donors (Lipinski definition) is 3. The van der Waals surface area contributed by atoms with Gasteiger partial charge < -0.3 is 20.1 Å². The number of aliphatic hydroxyl groups is 1. The minimum absolute atomic E-state index is 0.000378. The van der Waals surface area contributed by atoms with E-state index in [0.717, 1.165) is 0 Å². The van der Waals surface area contributed by atoms with Gasteiger partial charge in [0, 0.05) is 0 Å². The minimum Gasteiger partial charge on any atom is -0.481 e. The highest BCUT2D eigenvalue weighted by atomic mass is 16.5. The fourth-order valence-electron chi connectivity index (χ4n) is 1.04. The molecule has 0 amide bonds. The first kappa shape index (κ1) is 14.4. The smallest absolute Gasteiger partial charge is 0.339 e. The molecule has 0 aromatic carbocycles. The first-order chi connectivity index (χ1) is 7.31. The van der Waals surface area contributed by atoms with Crippen LogP contribution in [0.25, 0.3) is 0 Å². The summed E-state index contributed by atoms with van der Waals surface area (Å²) >= 11 is 0. The number of rotatable bonds is 7. The van der Waals surface area contributed by atoms with Crippen molar-refractivity contribution in [2.75, 3.05) is 6.61 Å². The topological polar surface area (TPSA) is 121 Å². The van der Waals surface area contributed by atoms with Gasteiger partial charge >= 0.3 is 17.9 Å². The Morgan fingerprint density at radius 3 is 1.88 bits per heavy atom. The second-order valence-corrected chi connectivity index (χ2v) is 3.31. The first-order valence-electron chi connectivity index (χ1n) is 4.65. The maximum absolute atomic E-state index is 11.3. The number of ether oxygens (including phenoxy) is 1. The molecule has 0 bridgehead atoms. The van der Waals surface area contributed by atoms with Crippen molar-refractivity contribution in [2.45, 2.75) is 31.8 Å². The summed E-state index contributed by atoms with van der Waals surface area (Å²) < 4.78 is 4.54. The number of carbonyl (C=O) groups is 3. The van der Waals surface area contributed by atoms with Crippen molar-refractivity contribution in [3.05, 3.63) is 0 Å². The fraction of sp³-hybridized carbons (Fsp3) is 0.667. The molecule has 0 fully saturated rings. The monoisotopic (exact) mass is 234 g/mol. The Kier molecular flexibility index (Phi) is 5.44. The summed E-state index contributed by atoms with van der Waals surface area (Å²) in [4.78, 5) is 32.1. The van der Waals surface area contributed by atoms with Gasteiger partial charge in [0.1, 0.15) is 0 Å². The third-order valence-corrected chi connectivity index (χ3v) is 1.70. The molecule has 16 heavy (non-hydrogen) atoms. The van der Waals surface area contributed by atoms with E-state index in [4.69, 9.17) is 10.2 Å². The van der Waals surface area contributed by atoms with E-state index in [0.29, 0.717) is 6.42 Å². The van der Waals surface area contributed by atoms with E-state index in [1.54, 1.807) is 6.92 Å². The van der Waals surface area contributed by atoms with E-state index in [9.17, 15) is 19.5 Å². The molecule has 0 radical (unpaired) electrons. The van der Waals surface area contributed by atoms with Crippen molar-refractivity contribution < 1.29 is 34.4 Å². The highest BCUT2D eigenvalue weighted by Gasteiger charge is 2.42. The normalized spacial score (nSPS) is 10.9. The van der Waals surface area contributed by atoms with Gasteiger partial charge in [-0.2, -0.15) is 0 Å². The summed E-state index contributed by atoms with van der Waals surface area (Å²) in [5.74, 6) is -4.17. The van der Waals surface area contributed by atoms with Gasteiger partial charge in [0.25, 0.3) is 0 Å². The van der Waals surface area contributed by atoms with Gasteiger partial charge in [0.2, 0.25) is 0 Å². The molecule has 0 aromatic heterocycles.